The highest BCUT2D eigenvalue weighted by Crippen LogP contribution is 2.19. The second-order valence-electron chi connectivity index (χ2n) is 4.39. The summed E-state index contributed by atoms with van der Waals surface area (Å²) in [7, 11) is 0. The van der Waals surface area contributed by atoms with Crippen LogP contribution in [-0.4, -0.2) is 5.91 Å². The standard InChI is InChI=1S/C15H15ClN2O/c1-10-8-12(17)6-7-14(10)18-15(19)9-11-4-2-3-5-13(11)16/h2-8H,9,17H2,1H3,(H,18,19). The predicted octanol–water partition coefficient (Wildman–Crippen LogP) is 3.41. The van der Waals surface area contributed by atoms with Gasteiger partial charge in [0, 0.05) is 16.4 Å². The van der Waals surface area contributed by atoms with Gasteiger partial charge in [-0.05, 0) is 42.3 Å². The number of hydrogen-bond donors (Lipinski definition) is 2. The van der Waals surface area contributed by atoms with Crippen LogP contribution >= 0.6 is 11.6 Å². The lowest BCUT2D eigenvalue weighted by Gasteiger charge is -2.09. The summed E-state index contributed by atoms with van der Waals surface area (Å²) in [4.78, 5) is 12.0. The zero-order chi connectivity index (χ0) is 13.8. The van der Waals surface area contributed by atoms with E-state index in [9.17, 15) is 4.79 Å². The molecule has 0 aliphatic carbocycles. The second-order valence-corrected chi connectivity index (χ2v) is 4.80. The van der Waals surface area contributed by atoms with E-state index in [1.807, 2.05) is 31.2 Å². The van der Waals surface area contributed by atoms with Crippen LogP contribution in [0.3, 0.4) is 0 Å². The normalized spacial score (nSPS) is 10.2. The molecular weight excluding hydrogens is 260 g/mol. The fourth-order valence-electron chi connectivity index (χ4n) is 1.84. The first-order valence-electron chi connectivity index (χ1n) is 5.95. The molecule has 0 aliphatic rings. The molecule has 0 spiro atoms. The van der Waals surface area contributed by atoms with Crippen LogP contribution in [0, 0.1) is 6.92 Å². The summed E-state index contributed by atoms with van der Waals surface area (Å²) in [6.07, 6.45) is 0.253. The molecule has 19 heavy (non-hydrogen) atoms. The van der Waals surface area contributed by atoms with Gasteiger partial charge in [0.1, 0.15) is 0 Å². The van der Waals surface area contributed by atoms with Crippen LogP contribution in [0.15, 0.2) is 42.5 Å². The first kappa shape index (κ1) is 13.4. The summed E-state index contributed by atoms with van der Waals surface area (Å²) in [5.41, 5.74) is 8.88. The van der Waals surface area contributed by atoms with Crippen molar-refractivity contribution in [1.29, 1.82) is 0 Å². The molecule has 0 heterocycles. The zero-order valence-electron chi connectivity index (χ0n) is 10.6. The number of nitrogens with two attached hydrogens (primary N) is 1. The number of carbonyl (C=O) groups excluding carboxylic acids is 1. The quantitative estimate of drug-likeness (QED) is 0.843. The molecule has 0 unspecified atom stereocenters. The molecule has 1 amide bonds. The fraction of sp³-hybridized carbons (Fsp3) is 0.133. The number of halogens is 1. The minimum Gasteiger partial charge on any atom is -0.399 e. The van der Waals surface area contributed by atoms with Crippen molar-refractivity contribution < 1.29 is 4.79 Å². The molecule has 0 radical (unpaired) electrons. The van der Waals surface area contributed by atoms with Gasteiger partial charge in [-0.3, -0.25) is 4.79 Å². The fourth-order valence-corrected chi connectivity index (χ4v) is 2.04. The molecule has 0 saturated carbocycles. The Morgan fingerprint density at radius 2 is 2.00 bits per heavy atom. The number of nitrogens with one attached hydrogen (secondary N) is 1. The minimum absolute atomic E-state index is 0.0963. The smallest absolute Gasteiger partial charge is 0.228 e. The third-order valence-corrected chi connectivity index (χ3v) is 3.20. The SMILES string of the molecule is Cc1cc(N)ccc1NC(=O)Cc1ccccc1Cl. The van der Waals surface area contributed by atoms with Crippen molar-refractivity contribution in [3.63, 3.8) is 0 Å². The molecule has 2 aromatic rings. The van der Waals surface area contributed by atoms with Gasteiger partial charge in [-0.15, -0.1) is 0 Å². The maximum absolute atomic E-state index is 12.0. The third-order valence-electron chi connectivity index (χ3n) is 2.83. The Labute approximate surface area is 117 Å². The van der Waals surface area contributed by atoms with Gasteiger partial charge in [-0.25, -0.2) is 0 Å². The van der Waals surface area contributed by atoms with Gasteiger partial charge in [0.15, 0.2) is 0 Å². The largest absolute Gasteiger partial charge is 0.399 e. The molecule has 0 fully saturated rings. The molecule has 0 atom stereocenters. The lowest BCUT2D eigenvalue weighted by molar-refractivity contribution is -0.115. The summed E-state index contributed by atoms with van der Waals surface area (Å²) >= 11 is 6.03. The van der Waals surface area contributed by atoms with Crippen LogP contribution in [0.1, 0.15) is 11.1 Å². The Morgan fingerprint density at radius 1 is 1.26 bits per heavy atom. The van der Waals surface area contributed by atoms with Gasteiger partial charge < -0.3 is 11.1 Å². The number of nitrogen functional groups attached to an aromatic ring is 1. The van der Waals surface area contributed by atoms with E-state index in [-0.39, 0.29) is 12.3 Å². The van der Waals surface area contributed by atoms with Crippen molar-refractivity contribution in [2.24, 2.45) is 0 Å². The monoisotopic (exact) mass is 274 g/mol. The molecule has 0 bridgehead atoms. The predicted molar refractivity (Wildman–Crippen MR) is 79.4 cm³/mol. The van der Waals surface area contributed by atoms with Crippen LogP contribution in [0.25, 0.3) is 0 Å². The van der Waals surface area contributed by atoms with Gasteiger partial charge in [-0.2, -0.15) is 0 Å². The van der Waals surface area contributed by atoms with Crippen LogP contribution in [0.2, 0.25) is 5.02 Å². The summed E-state index contributed by atoms with van der Waals surface area (Å²) in [6, 6.07) is 12.7. The average molecular weight is 275 g/mol. The molecule has 4 heteroatoms. The number of benzene rings is 2. The molecular formula is C15H15ClN2O. The third kappa shape index (κ3) is 3.48. The van der Waals surface area contributed by atoms with Crippen molar-refractivity contribution >= 4 is 28.9 Å². The van der Waals surface area contributed by atoms with Crippen LogP contribution < -0.4 is 11.1 Å². The van der Waals surface area contributed by atoms with E-state index in [0.29, 0.717) is 10.7 Å². The highest BCUT2D eigenvalue weighted by molar-refractivity contribution is 6.31. The summed E-state index contributed by atoms with van der Waals surface area (Å²) in [6.45, 7) is 1.90. The lowest BCUT2D eigenvalue weighted by Crippen LogP contribution is -2.15. The van der Waals surface area contributed by atoms with Crippen molar-refractivity contribution in [1.82, 2.24) is 0 Å². The van der Waals surface area contributed by atoms with Crippen molar-refractivity contribution in [2.75, 3.05) is 11.1 Å². The van der Waals surface area contributed by atoms with Crippen molar-refractivity contribution in [2.45, 2.75) is 13.3 Å². The lowest BCUT2D eigenvalue weighted by atomic mass is 10.1. The number of anilines is 2. The first-order valence-corrected chi connectivity index (χ1v) is 6.33. The zero-order valence-corrected chi connectivity index (χ0v) is 11.4. The highest BCUT2D eigenvalue weighted by atomic mass is 35.5. The number of hydrogen-bond acceptors (Lipinski definition) is 2. The van der Waals surface area contributed by atoms with Gasteiger partial charge >= 0.3 is 0 Å². The maximum Gasteiger partial charge on any atom is 0.228 e. The average Bonchev–Trinajstić information content (AvgIpc) is 2.36. The van der Waals surface area contributed by atoms with E-state index < -0.39 is 0 Å². The van der Waals surface area contributed by atoms with Crippen LogP contribution in [-0.2, 0) is 11.2 Å². The van der Waals surface area contributed by atoms with E-state index in [2.05, 4.69) is 5.32 Å². The topological polar surface area (TPSA) is 55.1 Å². The summed E-state index contributed by atoms with van der Waals surface area (Å²) in [5, 5.41) is 3.46. The number of aryl methyl sites for hydroxylation is 1. The molecule has 3 nitrogen and oxygen atoms in total. The van der Waals surface area contributed by atoms with Gasteiger partial charge in [0.25, 0.3) is 0 Å². The van der Waals surface area contributed by atoms with E-state index in [1.165, 1.54) is 0 Å². The molecule has 2 rings (SSSR count). The Hall–Kier alpha value is -2.00. The summed E-state index contributed by atoms with van der Waals surface area (Å²) in [5.74, 6) is -0.0963. The first-order chi connectivity index (χ1) is 9.06. The van der Waals surface area contributed by atoms with Gasteiger partial charge in [-0.1, -0.05) is 29.8 Å². The van der Waals surface area contributed by atoms with Gasteiger partial charge in [0.2, 0.25) is 5.91 Å². The Bertz CT molecular complexity index is 611. The van der Waals surface area contributed by atoms with Crippen molar-refractivity contribution in [3.05, 3.63) is 58.6 Å². The number of rotatable bonds is 3. The van der Waals surface area contributed by atoms with Crippen LogP contribution in [0.4, 0.5) is 11.4 Å². The molecule has 3 N–H and O–H groups in total. The van der Waals surface area contributed by atoms with E-state index in [1.54, 1.807) is 18.2 Å². The molecule has 0 aliphatic heterocycles. The van der Waals surface area contributed by atoms with E-state index in [0.717, 1.165) is 16.8 Å². The van der Waals surface area contributed by atoms with Crippen LogP contribution in [0.5, 0.6) is 0 Å². The second kappa shape index (κ2) is 5.76. The summed E-state index contributed by atoms with van der Waals surface area (Å²) < 4.78 is 0. The Balaban J connectivity index is 2.08. The van der Waals surface area contributed by atoms with Gasteiger partial charge in [0.05, 0.1) is 6.42 Å². The van der Waals surface area contributed by atoms with E-state index in [4.69, 9.17) is 17.3 Å². The van der Waals surface area contributed by atoms with E-state index >= 15 is 0 Å². The maximum atomic E-state index is 12.0. The molecule has 0 saturated heterocycles. The molecule has 98 valence electrons. The Kier molecular flexibility index (Phi) is 4.07. The highest BCUT2D eigenvalue weighted by Gasteiger charge is 2.08. The molecule has 2 aromatic carbocycles. The minimum atomic E-state index is -0.0963. The number of carbonyl (C=O) groups is 1. The number of amides is 1. The Morgan fingerprint density at radius 3 is 2.68 bits per heavy atom. The molecule has 0 aromatic heterocycles. The van der Waals surface area contributed by atoms with Crippen molar-refractivity contribution in [3.8, 4) is 0 Å².